The molecule has 3 heteroatoms. The molecule has 0 aliphatic carbocycles. The quantitative estimate of drug-likeness (QED) is 0.497. The van der Waals surface area contributed by atoms with Crippen LogP contribution in [0.15, 0.2) is 4.99 Å². The van der Waals surface area contributed by atoms with Crippen LogP contribution in [-0.4, -0.2) is 18.0 Å². The Morgan fingerprint density at radius 2 is 1.83 bits per heavy atom. The summed E-state index contributed by atoms with van der Waals surface area (Å²) in [6.07, 6.45) is 2.11. The molecule has 0 unspecified atom stereocenters. The highest BCUT2D eigenvalue weighted by Crippen LogP contribution is 2.00. The van der Waals surface area contributed by atoms with E-state index < -0.39 is 0 Å². The molecule has 0 spiro atoms. The molecule has 12 heavy (non-hydrogen) atoms. The van der Waals surface area contributed by atoms with Crippen LogP contribution in [0.4, 0.5) is 0 Å². The van der Waals surface area contributed by atoms with Gasteiger partial charge < -0.3 is 11.1 Å². The normalized spacial score (nSPS) is 12.7. The third-order valence-corrected chi connectivity index (χ3v) is 1.70. The van der Waals surface area contributed by atoms with Crippen molar-refractivity contribution in [3.8, 4) is 0 Å². The predicted octanol–water partition coefficient (Wildman–Crippen LogP) is 1.49. The first-order chi connectivity index (χ1) is 5.60. The molecule has 0 aliphatic heterocycles. The maximum absolute atomic E-state index is 5.67. The summed E-state index contributed by atoms with van der Waals surface area (Å²) >= 11 is 0. The molecule has 72 valence electrons. The van der Waals surface area contributed by atoms with Gasteiger partial charge in [0, 0.05) is 6.04 Å². The predicted molar refractivity (Wildman–Crippen MR) is 54.3 cm³/mol. The molecule has 0 aliphatic rings. The smallest absolute Gasteiger partial charge is 0.189 e. The molecular formula is C9H21N3. The van der Waals surface area contributed by atoms with Gasteiger partial charge in [-0.3, -0.25) is 4.99 Å². The van der Waals surface area contributed by atoms with Crippen LogP contribution in [-0.2, 0) is 0 Å². The zero-order chi connectivity index (χ0) is 9.56. The summed E-state index contributed by atoms with van der Waals surface area (Å²) in [6.45, 7) is 8.35. The molecule has 0 aromatic carbocycles. The molecule has 0 saturated heterocycles. The van der Waals surface area contributed by atoms with Crippen molar-refractivity contribution in [2.24, 2.45) is 10.7 Å². The Hall–Kier alpha value is -0.730. The van der Waals surface area contributed by atoms with Gasteiger partial charge in [-0.15, -0.1) is 0 Å². The van der Waals surface area contributed by atoms with Crippen molar-refractivity contribution in [3.63, 3.8) is 0 Å². The van der Waals surface area contributed by atoms with Crippen LogP contribution >= 0.6 is 0 Å². The summed E-state index contributed by atoms with van der Waals surface area (Å²) < 4.78 is 0. The van der Waals surface area contributed by atoms with Crippen LogP contribution in [0.5, 0.6) is 0 Å². The maximum Gasteiger partial charge on any atom is 0.189 e. The summed E-state index contributed by atoms with van der Waals surface area (Å²) in [5, 5.41) is 3.07. The van der Waals surface area contributed by atoms with Gasteiger partial charge in [0.05, 0.1) is 6.04 Å². The highest BCUT2D eigenvalue weighted by atomic mass is 15.1. The summed E-state index contributed by atoms with van der Waals surface area (Å²) in [6, 6.07) is 0.736. The van der Waals surface area contributed by atoms with Gasteiger partial charge in [0.15, 0.2) is 5.96 Å². The fourth-order valence-electron chi connectivity index (χ4n) is 1.00. The molecular weight excluding hydrogens is 150 g/mol. The molecule has 0 rings (SSSR count). The van der Waals surface area contributed by atoms with Crippen molar-refractivity contribution in [3.05, 3.63) is 0 Å². The number of nitrogens with two attached hydrogens (primary N) is 1. The van der Waals surface area contributed by atoms with Gasteiger partial charge in [-0.1, -0.05) is 13.8 Å². The van der Waals surface area contributed by atoms with Crippen LogP contribution in [0.3, 0.4) is 0 Å². The summed E-state index contributed by atoms with van der Waals surface area (Å²) in [5.74, 6) is 0.568. The van der Waals surface area contributed by atoms with Crippen LogP contribution in [0.25, 0.3) is 0 Å². The molecule has 0 aromatic heterocycles. The molecule has 0 saturated carbocycles. The van der Waals surface area contributed by atoms with Crippen LogP contribution in [0.2, 0.25) is 0 Å². The van der Waals surface area contributed by atoms with E-state index in [0.29, 0.717) is 18.0 Å². The topological polar surface area (TPSA) is 50.4 Å². The number of aliphatic imine (C=N–C) groups is 1. The Kier molecular flexibility index (Phi) is 5.51. The van der Waals surface area contributed by atoms with Gasteiger partial charge in [0.1, 0.15) is 0 Å². The number of hydrogen-bond donors (Lipinski definition) is 2. The Balaban J connectivity index is 3.94. The number of hydrogen-bond acceptors (Lipinski definition) is 1. The number of rotatable bonds is 4. The van der Waals surface area contributed by atoms with Crippen molar-refractivity contribution < 1.29 is 0 Å². The Bertz CT molecular complexity index is 137. The SMILES string of the molecule is CCC(CC)N=C(N)NC(C)C. The van der Waals surface area contributed by atoms with Gasteiger partial charge in [0.2, 0.25) is 0 Å². The van der Waals surface area contributed by atoms with Gasteiger partial charge >= 0.3 is 0 Å². The Morgan fingerprint density at radius 1 is 1.33 bits per heavy atom. The second kappa shape index (κ2) is 5.86. The minimum Gasteiger partial charge on any atom is -0.370 e. The third kappa shape index (κ3) is 4.99. The van der Waals surface area contributed by atoms with E-state index in [1.165, 1.54) is 0 Å². The van der Waals surface area contributed by atoms with Crippen molar-refractivity contribution in [2.45, 2.75) is 52.6 Å². The van der Waals surface area contributed by atoms with E-state index in [2.05, 4.69) is 38.0 Å². The minimum absolute atomic E-state index is 0.364. The number of nitrogens with one attached hydrogen (secondary N) is 1. The van der Waals surface area contributed by atoms with Crippen LogP contribution in [0.1, 0.15) is 40.5 Å². The molecule has 0 atom stereocenters. The van der Waals surface area contributed by atoms with E-state index in [-0.39, 0.29) is 0 Å². The average molecular weight is 171 g/mol. The van der Waals surface area contributed by atoms with Crippen molar-refractivity contribution in [2.75, 3.05) is 0 Å². The first-order valence-electron chi connectivity index (χ1n) is 4.69. The lowest BCUT2D eigenvalue weighted by atomic mass is 10.2. The Labute approximate surface area is 75.4 Å². The monoisotopic (exact) mass is 171 g/mol. The molecule has 0 heterocycles. The highest BCUT2D eigenvalue weighted by molar-refractivity contribution is 5.78. The maximum atomic E-state index is 5.67. The molecule has 0 amide bonds. The number of nitrogens with zero attached hydrogens (tertiary/aromatic N) is 1. The van der Waals surface area contributed by atoms with E-state index >= 15 is 0 Å². The largest absolute Gasteiger partial charge is 0.370 e. The van der Waals surface area contributed by atoms with E-state index in [1.807, 2.05) is 0 Å². The fourth-order valence-corrected chi connectivity index (χ4v) is 1.00. The summed E-state index contributed by atoms with van der Waals surface area (Å²) in [7, 11) is 0. The number of guanidine groups is 1. The zero-order valence-electron chi connectivity index (χ0n) is 8.59. The first-order valence-corrected chi connectivity index (χ1v) is 4.69. The lowest BCUT2D eigenvalue weighted by Crippen LogP contribution is -2.37. The van der Waals surface area contributed by atoms with Crippen LogP contribution < -0.4 is 11.1 Å². The molecule has 3 nitrogen and oxygen atoms in total. The standard InChI is InChI=1S/C9H21N3/c1-5-8(6-2)12-9(10)11-7(3)4/h7-8H,5-6H2,1-4H3,(H3,10,11,12). The zero-order valence-corrected chi connectivity index (χ0v) is 8.59. The minimum atomic E-state index is 0.364. The first kappa shape index (κ1) is 11.3. The molecule has 0 fully saturated rings. The average Bonchev–Trinajstić information content (AvgIpc) is 1.98. The van der Waals surface area contributed by atoms with E-state index in [1.54, 1.807) is 0 Å². The summed E-state index contributed by atoms with van der Waals surface area (Å²) in [4.78, 5) is 4.34. The van der Waals surface area contributed by atoms with E-state index in [0.717, 1.165) is 12.8 Å². The molecule has 0 bridgehead atoms. The van der Waals surface area contributed by atoms with E-state index in [4.69, 9.17) is 5.73 Å². The van der Waals surface area contributed by atoms with Crippen molar-refractivity contribution in [1.29, 1.82) is 0 Å². The fraction of sp³-hybridized carbons (Fsp3) is 0.889. The molecule has 0 aromatic rings. The lowest BCUT2D eigenvalue weighted by molar-refractivity contribution is 0.620. The van der Waals surface area contributed by atoms with Gasteiger partial charge in [-0.25, -0.2) is 0 Å². The van der Waals surface area contributed by atoms with Gasteiger partial charge in [0.25, 0.3) is 0 Å². The van der Waals surface area contributed by atoms with Crippen molar-refractivity contribution >= 4 is 5.96 Å². The lowest BCUT2D eigenvalue weighted by Gasteiger charge is -2.12. The van der Waals surface area contributed by atoms with Gasteiger partial charge in [-0.2, -0.15) is 0 Å². The molecule has 3 N–H and O–H groups in total. The second-order valence-electron chi connectivity index (χ2n) is 3.28. The highest BCUT2D eigenvalue weighted by Gasteiger charge is 2.01. The van der Waals surface area contributed by atoms with Crippen LogP contribution in [0, 0.1) is 0 Å². The third-order valence-electron chi connectivity index (χ3n) is 1.70. The Morgan fingerprint density at radius 3 is 2.17 bits per heavy atom. The molecule has 0 radical (unpaired) electrons. The van der Waals surface area contributed by atoms with Gasteiger partial charge in [-0.05, 0) is 26.7 Å². The van der Waals surface area contributed by atoms with E-state index in [9.17, 15) is 0 Å². The second-order valence-corrected chi connectivity index (χ2v) is 3.28. The summed E-state index contributed by atoms with van der Waals surface area (Å²) in [5.41, 5.74) is 5.67. The van der Waals surface area contributed by atoms with Crippen molar-refractivity contribution in [1.82, 2.24) is 5.32 Å².